The van der Waals surface area contributed by atoms with Gasteiger partial charge in [0.25, 0.3) is 5.91 Å². The van der Waals surface area contributed by atoms with E-state index in [4.69, 9.17) is 14.2 Å². The Bertz CT molecular complexity index is 703. The number of hydrogen-bond acceptors (Lipinski definition) is 6. The van der Waals surface area contributed by atoms with Crippen LogP contribution in [0.4, 0.5) is 0 Å². The number of methoxy groups -OCH3 is 2. The number of benzene rings is 1. The summed E-state index contributed by atoms with van der Waals surface area (Å²) < 4.78 is 16.0. The molecule has 0 saturated carbocycles. The Morgan fingerprint density at radius 1 is 1.15 bits per heavy atom. The number of unbranched alkanes of at least 4 members (excludes halogenated alkanes) is 1. The lowest BCUT2D eigenvalue weighted by Crippen LogP contribution is -2.25. The topological polar surface area (TPSA) is 69.7 Å². The number of ether oxygens (including phenoxy) is 3. The first-order chi connectivity index (χ1) is 12.7. The molecule has 1 aromatic heterocycles. The van der Waals surface area contributed by atoms with Crippen molar-refractivity contribution in [3.05, 3.63) is 29.3 Å². The summed E-state index contributed by atoms with van der Waals surface area (Å²) in [5.41, 5.74) is 1.31. The number of aromatic nitrogens is 1. The van der Waals surface area contributed by atoms with Gasteiger partial charge in [-0.05, 0) is 31.0 Å². The average Bonchev–Trinajstić information content (AvgIpc) is 3.17. The molecule has 1 N–H and O–H groups in total. The molecule has 142 valence electrons. The Balaban J connectivity index is 1.88. The van der Waals surface area contributed by atoms with E-state index >= 15 is 0 Å². The smallest absolute Gasteiger partial charge is 0.270 e. The van der Waals surface area contributed by atoms with Crippen molar-refractivity contribution in [3.8, 4) is 22.1 Å². The number of thiazole rings is 1. The fourth-order valence-corrected chi connectivity index (χ4v) is 3.09. The van der Waals surface area contributed by atoms with E-state index in [1.165, 1.54) is 11.3 Å². The second-order valence-electron chi connectivity index (χ2n) is 5.68. The van der Waals surface area contributed by atoms with Crippen molar-refractivity contribution < 1.29 is 19.0 Å². The maximum atomic E-state index is 12.2. The molecule has 0 aliphatic heterocycles. The highest BCUT2D eigenvalue weighted by atomic mass is 32.1. The van der Waals surface area contributed by atoms with Crippen LogP contribution < -0.4 is 14.8 Å². The number of nitrogens with one attached hydrogen (secondary N) is 1. The summed E-state index contributed by atoms with van der Waals surface area (Å²) in [4.78, 5) is 16.6. The fourth-order valence-electron chi connectivity index (χ4n) is 2.30. The minimum atomic E-state index is -0.165. The zero-order chi connectivity index (χ0) is 18.8. The maximum absolute atomic E-state index is 12.2. The van der Waals surface area contributed by atoms with Gasteiger partial charge >= 0.3 is 0 Å². The number of hydrogen-bond donors (Lipinski definition) is 1. The molecule has 0 fully saturated rings. The van der Waals surface area contributed by atoms with E-state index in [1.807, 2.05) is 18.2 Å². The summed E-state index contributed by atoms with van der Waals surface area (Å²) >= 11 is 1.42. The second kappa shape index (κ2) is 10.8. The van der Waals surface area contributed by atoms with Crippen LogP contribution in [0, 0.1) is 0 Å². The van der Waals surface area contributed by atoms with Crippen LogP contribution in [0.5, 0.6) is 11.5 Å². The monoisotopic (exact) mass is 378 g/mol. The Labute approximate surface area is 158 Å². The van der Waals surface area contributed by atoms with Crippen LogP contribution in [0.3, 0.4) is 0 Å². The first-order valence-corrected chi connectivity index (χ1v) is 9.61. The van der Waals surface area contributed by atoms with Crippen molar-refractivity contribution in [2.45, 2.75) is 26.2 Å². The van der Waals surface area contributed by atoms with Gasteiger partial charge in [0.1, 0.15) is 10.7 Å². The minimum Gasteiger partial charge on any atom is -0.493 e. The van der Waals surface area contributed by atoms with Gasteiger partial charge in [0.05, 0.1) is 14.2 Å². The van der Waals surface area contributed by atoms with Crippen molar-refractivity contribution in [3.63, 3.8) is 0 Å². The summed E-state index contributed by atoms with van der Waals surface area (Å²) in [6.07, 6.45) is 3.00. The fraction of sp³-hybridized carbons (Fsp3) is 0.474. The molecule has 0 aliphatic rings. The molecular formula is C19H26N2O4S. The third kappa shape index (κ3) is 5.71. The number of carbonyl (C=O) groups is 1. The van der Waals surface area contributed by atoms with Crippen LogP contribution in [0.15, 0.2) is 23.6 Å². The molecule has 2 aromatic rings. The molecule has 1 heterocycles. The molecule has 26 heavy (non-hydrogen) atoms. The molecule has 0 bridgehead atoms. The van der Waals surface area contributed by atoms with Gasteiger partial charge in [-0.25, -0.2) is 4.98 Å². The van der Waals surface area contributed by atoms with Crippen molar-refractivity contribution in [2.24, 2.45) is 0 Å². The van der Waals surface area contributed by atoms with Gasteiger partial charge in [-0.3, -0.25) is 4.79 Å². The Kier molecular flexibility index (Phi) is 8.37. The molecule has 2 rings (SSSR count). The van der Waals surface area contributed by atoms with Gasteiger partial charge in [-0.2, -0.15) is 0 Å². The maximum Gasteiger partial charge on any atom is 0.270 e. The molecule has 0 atom stereocenters. The van der Waals surface area contributed by atoms with Crippen LogP contribution in [-0.4, -0.2) is 44.9 Å². The Morgan fingerprint density at radius 2 is 1.92 bits per heavy atom. The number of carbonyl (C=O) groups excluding carboxylic acids is 1. The summed E-state index contributed by atoms with van der Waals surface area (Å²) in [6.45, 7) is 4.15. The van der Waals surface area contributed by atoms with Crippen molar-refractivity contribution in [1.82, 2.24) is 10.3 Å². The highest BCUT2D eigenvalue weighted by molar-refractivity contribution is 7.13. The zero-order valence-corrected chi connectivity index (χ0v) is 16.4. The quantitative estimate of drug-likeness (QED) is 0.603. The third-order valence-corrected chi connectivity index (χ3v) is 4.65. The third-order valence-electron chi connectivity index (χ3n) is 3.76. The van der Waals surface area contributed by atoms with E-state index in [9.17, 15) is 4.79 Å². The van der Waals surface area contributed by atoms with E-state index in [1.54, 1.807) is 19.6 Å². The lowest BCUT2D eigenvalue weighted by molar-refractivity contribution is 0.0936. The second-order valence-corrected chi connectivity index (χ2v) is 6.54. The minimum absolute atomic E-state index is 0.165. The molecule has 0 radical (unpaired) electrons. The SMILES string of the molecule is CCCCOCCCNC(=O)c1csc(-c2ccc(OC)c(OC)c2)n1. The molecule has 0 saturated heterocycles. The average molecular weight is 378 g/mol. The summed E-state index contributed by atoms with van der Waals surface area (Å²) in [5.74, 6) is 1.13. The van der Waals surface area contributed by atoms with Gasteiger partial charge in [-0.1, -0.05) is 13.3 Å². The molecule has 1 amide bonds. The molecule has 0 unspecified atom stereocenters. The normalized spacial score (nSPS) is 10.6. The van der Waals surface area contributed by atoms with Crippen LogP contribution in [0.2, 0.25) is 0 Å². The van der Waals surface area contributed by atoms with Crippen LogP contribution in [0.1, 0.15) is 36.7 Å². The first kappa shape index (κ1) is 20.2. The van der Waals surface area contributed by atoms with E-state index in [0.717, 1.165) is 36.4 Å². The van der Waals surface area contributed by atoms with E-state index in [-0.39, 0.29) is 5.91 Å². The summed E-state index contributed by atoms with van der Waals surface area (Å²) in [6, 6.07) is 5.58. The van der Waals surface area contributed by atoms with Crippen molar-refractivity contribution >= 4 is 17.2 Å². The molecule has 1 aromatic carbocycles. The first-order valence-electron chi connectivity index (χ1n) is 8.73. The Hall–Kier alpha value is -2.12. The van der Waals surface area contributed by atoms with Gasteiger partial charge in [0.15, 0.2) is 11.5 Å². The van der Waals surface area contributed by atoms with Gasteiger partial charge in [-0.15, -0.1) is 11.3 Å². The Morgan fingerprint density at radius 3 is 2.65 bits per heavy atom. The lowest BCUT2D eigenvalue weighted by Gasteiger charge is -2.08. The predicted octanol–water partition coefficient (Wildman–Crippen LogP) is 3.76. The van der Waals surface area contributed by atoms with E-state index < -0.39 is 0 Å². The molecule has 0 aliphatic carbocycles. The van der Waals surface area contributed by atoms with E-state index in [2.05, 4.69) is 17.2 Å². The van der Waals surface area contributed by atoms with Gasteiger partial charge < -0.3 is 19.5 Å². The summed E-state index contributed by atoms with van der Waals surface area (Å²) in [5, 5.41) is 5.40. The molecule has 6 nitrogen and oxygen atoms in total. The molecule has 7 heteroatoms. The molecular weight excluding hydrogens is 352 g/mol. The number of amides is 1. The van der Waals surface area contributed by atoms with Gasteiger partial charge in [0, 0.05) is 30.7 Å². The van der Waals surface area contributed by atoms with Crippen molar-refractivity contribution in [2.75, 3.05) is 34.0 Å². The van der Waals surface area contributed by atoms with Crippen LogP contribution in [0.25, 0.3) is 10.6 Å². The summed E-state index contributed by atoms with van der Waals surface area (Å²) in [7, 11) is 3.19. The predicted molar refractivity (Wildman–Crippen MR) is 103 cm³/mol. The standard InChI is InChI=1S/C19H26N2O4S/c1-4-5-10-25-11-6-9-20-18(22)15-13-26-19(21-15)14-7-8-16(23-2)17(12-14)24-3/h7-8,12-13H,4-6,9-11H2,1-3H3,(H,20,22). The van der Waals surface area contributed by atoms with Crippen LogP contribution in [-0.2, 0) is 4.74 Å². The number of rotatable bonds is 11. The highest BCUT2D eigenvalue weighted by Crippen LogP contribution is 2.33. The lowest BCUT2D eigenvalue weighted by atomic mass is 10.2. The van der Waals surface area contributed by atoms with Crippen molar-refractivity contribution in [1.29, 1.82) is 0 Å². The van der Waals surface area contributed by atoms with Gasteiger partial charge in [0.2, 0.25) is 0 Å². The van der Waals surface area contributed by atoms with E-state index in [0.29, 0.717) is 30.3 Å². The number of nitrogens with zero attached hydrogens (tertiary/aromatic N) is 1. The molecule has 0 spiro atoms. The van der Waals surface area contributed by atoms with Crippen LogP contribution >= 0.6 is 11.3 Å². The largest absolute Gasteiger partial charge is 0.493 e. The highest BCUT2D eigenvalue weighted by Gasteiger charge is 2.13. The zero-order valence-electron chi connectivity index (χ0n) is 15.5.